The van der Waals surface area contributed by atoms with Crippen LogP contribution >= 0.6 is 27.5 Å². The van der Waals surface area contributed by atoms with Crippen LogP contribution in [0.3, 0.4) is 0 Å². The highest BCUT2D eigenvalue weighted by Gasteiger charge is 2.37. The van der Waals surface area contributed by atoms with Gasteiger partial charge in [0.25, 0.3) is 5.91 Å². The van der Waals surface area contributed by atoms with Crippen molar-refractivity contribution >= 4 is 45.0 Å². The highest BCUT2D eigenvalue weighted by molar-refractivity contribution is 9.10. The van der Waals surface area contributed by atoms with E-state index in [-0.39, 0.29) is 18.2 Å². The van der Waals surface area contributed by atoms with Crippen LogP contribution in [-0.4, -0.2) is 29.3 Å². The van der Waals surface area contributed by atoms with Gasteiger partial charge in [-0.15, -0.1) is 0 Å². The summed E-state index contributed by atoms with van der Waals surface area (Å²) in [5.74, 6) is -0.315. The number of nitrogens with one attached hydrogen (secondary N) is 1. The Labute approximate surface area is 118 Å². The number of likely N-dealkylation sites (N-methyl/N-ethyl adjacent to an activating group) is 1. The summed E-state index contributed by atoms with van der Waals surface area (Å²) >= 11 is 9.27. The minimum absolute atomic E-state index is 0.136. The van der Waals surface area contributed by atoms with Crippen molar-refractivity contribution in [1.29, 1.82) is 0 Å². The first kappa shape index (κ1) is 13.4. The van der Waals surface area contributed by atoms with Gasteiger partial charge in [0.15, 0.2) is 0 Å². The summed E-state index contributed by atoms with van der Waals surface area (Å²) in [7, 11) is 0. The molecule has 0 radical (unpaired) electrons. The summed E-state index contributed by atoms with van der Waals surface area (Å²) in [6, 6.07) is 4.83. The van der Waals surface area contributed by atoms with Gasteiger partial charge in [-0.3, -0.25) is 14.5 Å². The minimum atomic E-state index is -0.491. The van der Waals surface area contributed by atoms with Crippen molar-refractivity contribution in [3.05, 3.63) is 27.7 Å². The molecular weight excluding hydrogens is 320 g/mol. The molecule has 1 heterocycles. The maximum atomic E-state index is 11.9. The van der Waals surface area contributed by atoms with E-state index >= 15 is 0 Å². The molecule has 1 aliphatic rings. The van der Waals surface area contributed by atoms with Crippen LogP contribution in [0.1, 0.15) is 13.3 Å². The van der Waals surface area contributed by atoms with E-state index in [1.807, 2.05) is 6.07 Å². The molecule has 0 spiro atoms. The number of likely N-dealkylation sites (tertiary alicyclic amines) is 1. The van der Waals surface area contributed by atoms with Gasteiger partial charge in [-0.2, -0.15) is 0 Å². The highest BCUT2D eigenvalue weighted by Crippen LogP contribution is 2.27. The number of hydrogen-bond acceptors (Lipinski definition) is 3. The highest BCUT2D eigenvalue weighted by atomic mass is 79.9. The van der Waals surface area contributed by atoms with E-state index < -0.39 is 6.04 Å². The maximum Gasteiger partial charge on any atom is 0.252 e. The second kappa shape index (κ2) is 5.28. The van der Waals surface area contributed by atoms with Crippen LogP contribution in [0.4, 0.5) is 5.69 Å². The number of amides is 2. The molecule has 1 aromatic carbocycles. The first-order chi connectivity index (χ1) is 8.52. The Balaban J connectivity index is 2.13. The number of hydrogen-bond donors (Lipinski definition) is 1. The quantitative estimate of drug-likeness (QED) is 0.866. The van der Waals surface area contributed by atoms with Gasteiger partial charge in [-0.05, 0) is 41.1 Å². The van der Waals surface area contributed by atoms with Crippen LogP contribution < -0.4 is 5.32 Å². The van der Waals surface area contributed by atoms with Crippen molar-refractivity contribution in [2.24, 2.45) is 0 Å². The van der Waals surface area contributed by atoms with Gasteiger partial charge in [-0.1, -0.05) is 11.6 Å². The van der Waals surface area contributed by atoms with Gasteiger partial charge in [0.1, 0.15) is 6.04 Å². The second-order valence-electron chi connectivity index (χ2n) is 4.01. The van der Waals surface area contributed by atoms with Crippen molar-refractivity contribution in [2.75, 3.05) is 11.9 Å². The Morgan fingerprint density at radius 1 is 1.50 bits per heavy atom. The van der Waals surface area contributed by atoms with Crippen molar-refractivity contribution in [1.82, 2.24) is 4.90 Å². The zero-order valence-electron chi connectivity index (χ0n) is 9.74. The number of carbonyl (C=O) groups is 2. The number of carbonyl (C=O) groups excluding carboxylic acids is 2. The van der Waals surface area contributed by atoms with E-state index in [4.69, 9.17) is 11.6 Å². The zero-order chi connectivity index (χ0) is 13.3. The van der Waals surface area contributed by atoms with Crippen LogP contribution in [0.25, 0.3) is 0 Å². The lowest BCUT2D eigenvalue weighted by Gasteiger charge is -2.14. The summed E-state index contributed by atoms with van der Waals surface area (Å²) in [6.45, 7) is 2.20. The monoisotopic (exact) mass is 330 g/mol. The second-order valence-corrected chi connectivity index (χ2v) is 5.27. The van der Waals surface area contributed by atoms with E-state index in [2.05, 4.69) is 21.2 Å². The lowest BCUT2D eigenvalue weighted by atomic mass is 10.2. The fourth-order valence-electron chi connectivity index (χ4n) is 1.92. The average molecular weight is 332 g/mol. The summed E-state index contributed by atoms with van der Waals surface area (Å²) < 4.78 is 0.790. The topological polar surface area (TPSA) is 49.4 Å². The Bertz CT molecular complexity index is 507. The third kappa shape index (κ3) is 2.52. The number of imide groups is 1. The summed E-state index contributed by atoms with van der Waals surface area (Å²) in [4.78, 5) is 24.7. The van der Waals surface area contributed by atoms with Crippen molar-refractivity contribution in [3.63, 3.8) is 0 Å². The standard InChI is InChI=1S/C12H12BrClN2O2/c1-2-16-11(17)6-10(12(16)18)15-7-3-4-8(13)9(14)5-7/h3-5,10,15H,2,6H2,1H3. The van der Waals surface area contributed by atoms with E-state index in [9.17, 15) is 9.59 Å². The molecule has 1 saturated heterocycles. The summed E-state index contributed by atoms with van der Waals surface area (Å²) in [6.07, 6.45) is 0.195. The zero-order valence-corrected chi connectivity index (χ0v) is 12.1. The average Bonchev–Trinajstić information content (AvgIpc) is 2.59. The summed E-state index contributed by atoms with van der Waals surface area (Å²) in [5.41, 5.74) is 0.729. The molecule has 0 aromatic heterocycles. The lowest BCUT2D eigenvalue weighted by molar-refractivity contribution is -0.138. The minimum Gasteiger partial charge on any atom is -0.373 e. The van der Waals surface area contributed by atoms with E-state index in [0.717, 1.165) is 10.2 Å². The Hall–Kier alpha value is -1.07. The molecule has 2 rings (SSSR count). The predicted molar refractivity (Wildman–Crippen MR) is 73.6 cm³/mol. The number of nitrogens with zero attached hydrogens (tertiary/aromatic N) is 1. The van der Waals surface area contributed by atoms with Crippen LogP contribution in [0.15, 0.2) is 22.7 Å². The fraction of sp³-hybridized carbons (Fsp3) is 0.333. The smallest absolute Gasteiger partial charge is 0.252 e. The van der Waals surface area contributed by atoms with Gasteiger partial charge in [0.05, 0.1) is 11.4 Å². The molecule has 1 fully saturated rings. The van der Waals surface area contributed by atoms with E-state index in [0.29, 0.717) is 11.6 Å². The molecule has 6 heteroatoms. The molecule has 18 heavy (non-hydrogen) atoms. The molecule has 96 valence electrons. The maximum absolute atomic E-state index is 11.9. The molecule has 1 unspecified atom stereocenters. The molecule has 1 atom stereocenters. The molecule has 1 aromatic rings. The van der Waals surface area contributed by atoms with Gasteiger partial charge in [0.2, 0.25) is 5.91 Å². The molecule has 0 bridgehead atoms. The van der Waals surface area contributed by atoms with Crippen LogP contribution in [0.5, 0.6) is 0 Å². The van der Waals surface area contributed by atoms with Gasteiger partial charge < -0.3 is 5.32 Å². The predicted octanol–water partition coefficient (Wildman–Crippen LogP) is 2.66. The van der Waals surface area contributed by atoms with Gasteiger partial charge in [0, 0.05) is 16.7 Å². The fourth-order valence-corrected chi connectivity index (χ4v) is 2.34. The molecule has 1 aliphatic heterocycles. The Morgan fingerprint density at radius 3 is 2.78 bits per heavy atom. The largest absolute Gasteiger partial charge is 0.373 e. The van der Waals surface area contributed by atoms with E-state index in [1.54, 1.807) is 19.1 Å². The van der Waals surface area contributed by atoms with Crippen molar-refractivity contribution in [3.8, 4) is 0 Å². The van der Waals surface area contributed by atoms with Crippen LogP contribution in [0, 0.1) is 0 Å². The number of halogens is 2. The molecule has 2 amide bonds. The molecule has 4 nitrogen and oxygen atoms in total. The third-order valence-corrected chi connectivity index (χ3v) is 4.05. The number of rotatable bonds is 3. The molecule has 0 aliphatic carbocycles. The number of benzene rings is 1. The first-order valence-corrected chi connectivity index (χ1v) is 6.75. The van der Waals surface area contributed by atoms with Crippen LogP contribution in [-0.2, 0) is 9.59 Å². The molecule has 1 N–H and O–H groups in total. The number of anilines is 1. The first-order valence-electron chi connectivity index (χ1n) is 5.58. The molecule has 0 saturated carbocycles. The Morgan fingerprint density at radius 2 is 2.22 bits per heavy atom. The molecular formula is C12H12BrClN2O2. The van der Waals surface area contributed by atoms with E-state index in [1.165, 1.54) is 4.90 Å². The SMILES string of the molecule is CCN1C(=O)CC(Nc2ccc(Br)c(Cl)c2)C1=O. The van der Waals surface area contributed by atoms with Crippen molar-refractivity contribution < 1.29 is 9.59 Å². The summed E-state index contributed by atoms with van der Waals surface area (Å²) in [5, 5.41) is 3.60. The lowest BCUT2D eigenvalue weighted by Crippen LogP contribution is -2.34. The van der Waals surface area contributed by atoms with Crippen molar-refractivity contribution in [2.45, 2.75) is 19.4 Å². The Kier molecular flexibility index (Phi) is 3.92. The normalized spacial score (nSPS) is 19.5. The van der Waals surface area contributed by atoms with Crippen LogP contribution in [0.2, 0.25) is 5.02 Å². The third-order valence-electron chi connectivity index (χ3n) is 2.82. The van der Waals surface area contributed by atoms with Gasteiger partial charge in [-0.25, -0.2) is 0 Å². The van der Waals surface area contributed by atoms with Gasteiger partial charge >= 0.3 is 0 Å².